The predicted octanol–water partition coefficient (Wildman–Crippen LogP) is -2.87. The van der Waals surface area contributed by atoms with Crippen LogP contribution in [0.25, 0.3) is 11.2 Å². The monoisotopic (exact) mass is 479 g/mol. The van der Waals surface area contributed by atoms with Crippen molar-refractivity contribution in [3.8, 4) is 0 Å². The summed E-state index contributed by atoms with van der Waals surface area (Å²) < 4.78 is 48.6. The number of anilines is 1. The minimum Gasteiger partial charge on any atom is -0.394 e. The first kappa shape index (κ1) is 24.4. The van der Waals surface area contributed by atoms with Crippen molar-refractivity contribution in [1.29, 1.82) is 0 Å². The van der Waals surface area contributed by atoms with Gasteiger partial charge in [0.05, 0.1) is 12.9 Å². The maximum absolute atomic E-state index is 12.1. The number of hydrogen-bond donors (Lipinski definition) is 6. The van der Waals surface area contributed by atoms with Crippen LogP contribution >= 0.6 is 0 Å². The Bertz CT molecular complexity index is 1070. The number of halogens is 3. The van der Waals surface area contributed by atoms with Gasteiger partial charge < -0.3 is 36.1 Å². The molecule has 33 heavy (non-hydrogen) atoms. The number of nitrogens with zero attached hydrogens (tertiary/aromatic N) is 3. The molecule has 1 fully saturated rings. The van der Waals surface area contributed by atoms with E-state index < -0.39 is 67.8 Å². The van der Waals surface area contributed by atoms with Crippen LogP contribution in [0, 0.1) is 0 Å². The molecule has 0 spiro atoms. The lowest BCUT2D eigenvalue weighted by Crippen LogP contribution is -2.42. The Kier molecular flexibility index (Phi) is 7.15. The van der Waals surface area contributed by atoms with Crippen LogP contribution in [0.15, 0.2) is 11.1 Å². The molecule has 1 aliphatic heterocycles. The van der Waals surface area contributed by atoms with E-state index in [2.05, 4.69) is 20.3 Å². The fourth-order valence-electron chi connectivity index (χ4n) is 3.10. The molecule has 0 bridgehead atoms. The summed E-state index contributed by atoms with van der Waals surface area (Å²) in [6, 6.07) is 0. The third-order valence-corrected chi connectivity index (χ3v) is 4.61. The molecule has 0 aromatic carbocycles. The molecular formula is C16H20F3N7O7. The van der Waals surface area contributed by atoms with Gasteiger partial charge in [0.1, 0.15) is 24.9 Å². The number of aromatic amines is 1. The molecule has 4 atom stereocenters. The second kappa shape index (κ2) is 9.69. The minimum atomic E-state index is -5.04. The molecule has 14 nitrogen and oxygen atoms in total. The van der Waals surface area contributed by atoms with E-state index in [4.69, 9.17) is 15.2 Å². The number of nitrogen functional groups attached to an aromatic ring is 1. The van der Waals surface area contributed by atoms with E-state index in [-0.39, 0.29) is 23.7 Å². The summed E-state index contributed by atoms with van der Waals surface area (Å²) in [6.45, 7) is -2.02. The van der Waals surface area contributed by atoms with Crippen molar-refractivity contribution < 1.29 is 42.4 Å². The zero-order valence-corrected chi connectivity index (χ0v) is 16.7. The number of aliphatic hydroxyl groups excluding tert-OH is 2. The molecule has 2 aromatic heterocycles. The van der Waals surface area contributed by atoms with Gasteiger partial charge in [0.2, 0.25) is 11.9 Å². The summed E-state index contributed by atoms with van der Waals surface area (Å²) in [5.41, 5.74) is 4.86. The van der Waals surface area contributed by atoms with Crippen LogP contribution in [0.2, 0.25) is 0 Å². The standard InChI is InChI=1S/C16H20F3N7O7/c17-16(18,19)14(31)22-2-1-21-7(28)4-32-10-9(29)6(3-27)33-13(10)26-5-23-8-11(26)24-15(20)25-12(8)30/h5-6,9-10,13,27,29H,1-4H2,(H,21,28)(H,22,31)(H3,20,24,25,30)/t6-,9?,10?,13-/m1/s1. The molecule has 0 aliphatic carbocycles. The van der Waals surface area contributed by atoms with Gasteiger partial charge in [-0.2, -0.15) is 18.2 Å². The number of aromatic nitrogens is 4. The van der Waals surface area contributed by atoms with Crippen molar-refractivity contribution in [3.05, 3.63) is 16.7 Å². The molecule has 17 heteroatoms. The van der Waals surface area contributed by atoms with Crippen molar-refractivity contribution in [2.75, 3.05) is 32.0 Å². The summed E-state index contributed by atoms with van der Waals surface area (Å²) in [6.07, 6.45) is -8.73. The molecule has 7 N–H and O–H groups in total. The third kappa shape index (κ3) is 5.38. The lowest BCUT2D eigenvalue weighted by atomic mass is 10.1. The lowest BCUT2D eigenvalue weighted by Gasteiger charge is -2.22. The number of nitrogens with one attached hydrogen (secondary N) is 3. The first-order valence-corrected chi connectivity index (χ1v) is 9.43. The zero-order chi connectivity index (χ0) is 24.3. The highest BCUT2D eigenvalue weighted by molar-refractivity contribution is 5.81. The van der Waals surface area contributed by atoms with Crippen molar-refractivity contribution in [2.24, 2.45) is 0 Å². The number of carbonyl (C=O) groups is 2. The number of aliphatic hydroxyl groups is 2. The zero-order valence-electron chi connectivity index (χ0n) is 16.7. The SMILES string of the molecule is Nc1nc2c(ncn2[C@@H]2O[C@H](CO)C(O)C2OCC(=O)NCCNC(=O)C(F)(F)F)c(=O)[nH]1. The quantitative estimate of drug-likeness (QED) is 0.213. The largest absolute Gasteiger partial charge is 0.471 e. The van der Waals surface area contributed by atoms with E-state index >= 15 is 0 Å². The highest BCUT2D eigenvalue weighted by Crippen LogP contribution is 2.33. The Morgan fingerprint density at radius 1 is 1.33 bits per heavy atom. The van der Waals surface area contributed by atoms with Gasteiger partial charge in [-0.25, -0.2) is 4.98 Å². The molecule has 1 saturated heterocycles. The molecule has 3 rings (SSSR count). The number of rotatable bonds is 8. The molecule has 1 aliphatic rings. The molecule has 0 saturated carbocycles. The molecule has 3 heterocycles. The number of hydrogen-bond acceptors (Lipinski definition) is 10. The van der Waals surface area contributed by atoms with Crippen molar-refractivity contribution in [3.63, 3.8) is 0 Å². The van der Waals surface area contributed by atoms with Crippen LogP contribution in [0.5, 0.6) is 0 Å². The second-order valence-electron chi connectivity index (χ2n) is 6.89. The van der Waals surface area contributed by atoms with E-state index in [1.165, 1.54) is 10.9 Å². The van der Waals surface area contributed by atoms with Gasteiger partial charge in [0.15, 0.2) is 17.4 Å². The Hall–Kier alpha value is -3.28. The first-order chi connectivity index (χ1) is 15.5. The van der Waals surface area contributed by atoms with Gasteiger partial charge in [-0.3, -0.25) is 23.9 Å². The summed E-state index contributed by atoms with van der Waals surface area (Å²) in [5, 5.41) is 23.7. The van der Waals surface area contributed by atoms with Crippen LogP contribution in [0.1, 0.15) is 6.23 Å². The van der Waals surface area contributed by atoms with Crippen LogP contribution in [-0.2, 0) is 19.1 Å². The van der Waals surface area contributed by atoms with Crippen LogP contribution in [0.3, 0.4) is 0 Å². The predicted molar refractivity (Wildman–Crippen MR) is 101 cm³/mol. The van der Waals surface area contributed by atoms with Crippen molar-refractivity contribution in [1.82, 2.24) is 30.2 Å². The average Bonchev–Trinajstić information content (AvgIpc) is 3.29. The van der Waals surface area contributed by atoms with Crippen molar-refractivity contribution in [2.45, 2.75) is 30.7 Å². The van der Waals surface area contributed by atoms with E-state index in [0.29, 0.717) is 0 Å². The van der Waals surface area contributed by atoms with Crippen LogP contribution in [-0.4, -0.2) is 92.3 Å². The van der Waals surface area contributed by atoms with Gasteiger partial charge in [0.25, 0.3) is 5.56 Å². The molecular weight excluding hydrogens is 459 g/mol. The van der Waals surface area contributed by atoms with Gasteiger partial charge in [-0.05, 0) is 0 Å². The normalized spacial score (nSPS) is 23.1. The summed E-state index contributed by atoms with van der Waals surface area (Å²) in [7, 11) is 0. The molecule has 2 amide bonds. The van der Waals surface area contributed by atoms with Gasteiger partial charge in [-0.15, -0.1) is 0 Å². The number of H-pyrrole nitrogens is 1. The Labute approximate surface area is 181 Å². The Morgan fingerprint density at radius 3 is 2.70 bits per heavy atom. The van der Waals surface area contributed by atoms with Gasteiger partial charge in [-0.1, -0.05) is 0 Å². The van der Waals surface area contributed by atoms with Crippen LogP contribution in [0.4, 0.5) is 19.1 Å². The number of nitrogens with two attached hydrogens (primary N) is 1. The molecule has 2 aromatic rings. The van der Waals surface area contributed by atoms with E-state index in [0.717, 1.165) is 0 Å². The maximum atomic E-state index is 12.1. The van der Waals surface area contributed by atoms with Crippen LogP contribution < -0.4 is 21.9 Å². The Balaban J connectivity index is 1.64. The maximum Gasteiger partial charge on any atom is 0.471 e. The van der Waals surface area contributed by atoms with E-state index in [9.17, 15) is 37.8 Å². The van der Waals surface area contributed by atoms with Gasteiger partial charge in [0, 0.05) is 13.1 Å². The topological polar surface area (TPSA) is 207 Å². The van der Waals surface area contributed by atoms with Gasteiger partial charge >= 0.3 is 12.1 Å². The summed E-state index contributed by atoms with van der Waals surface area (Å²) in [5.74, 6) is -3.11. The van der Waals surface area contributed by atoms with E-state index in [1.54, 1.807) is 5.32 Å². The first-order valence-electron chi connectivity index (χ1n) is 9.43. The second-order valence-corrected chi connectivity index (χ2v) is 6.89. The third-order valence-electron chi connectivity index (χ3n) is 4.61. The minimum absolute atomic E-state index is 0.00509. The number of alkyl halides is 3. The summed E-state index contributed by atoms with van der Waals surface area (Å²) in [4.78, 5) is 44.8. The molecule has 2 unspecified atom stereocenters. The molecule has 0 radical (unpaired) electrons. The lowest BCUT2D eigenvalue weighted by molar-refractivity contribution is -0.173. The number of amides is 2. The number of carbonyl (C=O) groups excluding carboxylic acids is 2. The fraction of sp³-hybridized carbons (Fsp3) is 0.562. The van der Waals surface area contributed by atoms with E-state index in [1.807, 2.05) is 0 Å². The number of ether oxygens (including phenoxy) is 2. The van der Waals surface area contributed by atoms with Crippen molar-refractivity contribution >= 4 is 28.9 Å². The smallest absolute Gasteiger partial charge is 0.394 e. The average molecular weight is 479 g/mol. The number of imidazole rings is 1. The highest BCUT2D eigenvalue weighted by atomic mass is 19.4. The number of fused-ring (bicyclic) bond motifs is 1. The molecule has 182 valence electrons. The summed E-state index contributed by atoms with van der Waals surface area (Å²) >= 11 is 0. The fourth-order valence-corrected chi connectivity index (χ4v) is 3.10. The Morgan fingerprint density at radius 2 is 2.03 bits per heavy atom. The highest BCUT2D eigenvalue weighted by Gasteiger charge is 2.46.